The Morgan fingerprint density at radius 2 is 1.82 bits per heavy atom. The molecule has 0 bridgehead atoms. The Hall–Kier alpha value is -0.120. The van der Waals surface area contributed by atoms with Crippen LogP contribution in [0.5, 0.6) is 0 Å². The van der Waals surface area contributed by atoms with Crippen LogP contribution in [0.1, 0.15) is 26.7 Å². The van der Waals surface area contributed by atoms with Gasteiger partial charge in [0.2, 0.25) is 0 Å². The van der Waals surface area contributed by atoms with Gasteiger partial charge in [-0.25, -0.2) is 0 Å². The fraction of sp³-hybridized carbons (Fsp3) is 1.00. The molecule has 3 nitrogen and oxygen atoms in total. The van der Waals surface area contributed by atoms with Crippen LogP contribution in [0.15, 0.2) is 0 Å². The van der Waals surface area contributed by atoms with Crippen LogP contribution in [0.4, 0.5) is 0 Å². The monoisotopic (exact) mass is 162 g/mol. The van der Waals surface area contributed by atoms with E-state index in [2.05, 4.69) is 0 Å². The largest absolute Gasteiger partial charge is 0.396 e. The van der Waals surface area contributed by atoms with E-state index in [1.54, 1.807) is 0 Å². The highest BCUT2D eigenvalue weighted by atomic mass is 16.3. The van der Waals surface area contributed by atoms with Crippen molar-refractivity contribution in [1.29, 1.82) is 0 Å². The van der Waals surface area contributed by atoms with E-state index in [0.29, 0.717) is 12.3 Å². The van der Waals surface area contributed by atoms with Crippen molar-refractivity contribution >= 4 is 0 Å². The third-order valence-corrected chi connectivity index (χ3v) is 1.66. The lowest BCUT2D eigenvalue weighted by molar-refractivity contribution is -0.0459. The third kappa shape index (κ3) is 4.35. The predicted molar refractivity (Wildman–Crippen MR) is 43.2 cm³/mol. The summed E-state index contributed by atoms with van der Waals surface area (Å²) in [6.07, 6.45) is 0.783. The number of aliphatic hydroxyl groups is 3. The van der Waals surface area contributed by atoms with Gasteiger partial charge >= 0.3 is 0 Å². The van der Waals surface area contributed by atoms with Crippen molar-refractivity contribution in [2.75, 3.05) is 13.2 Å². The molecule has 0 aliphatic heterocycles. The lowest BCUT2D eigenvalue weighted by atomic mass is 9.90. The quantitative estimate of drug-likeness (QED) is 0.539. The highest BCUT2D eigenvalue weighted by Crippen LogP contribution is 2.19. The first-order chi connectivity index (χ1) is 5.04. The summed E-state index contributed by atoms with van der Waals surface area (Å²) in [7, 11) is 0. The third-order valence-electron chi connectivity index (χ3n) is 1.66. The highest BCUT2D eigenvalue weighted by Gasteiger charge is 2.25. The van der Waals surface area contributed by atoms with Crippen LogP contribution in [0.2, 0.25) is 0 Å². The number of rotatable bonds is 5. The summed E-state index contributed by atoms with van der Waals surface area (Å²) < 4.78 is 0. The van der Waals surface area contributed by atoms with Crippen molar-refractivity contribution in [2.24, 2.45) is 5.92 Å². The van der Waals surface area contributed by atoms with E-state index < -0.39 is 5.60 Å². The topological polar surface area (TPSA) is 60.7 Å². The van der Waals surface area contributed by atoms with Crippen LogP contribution in [0, 0.1) is 5.92 Å². The number of aliphatic hydroxyl groups excluding tert-OH is 2. The lowest BCUT2D eigenvalue weighted by Crippen LogP contribution is -2.35. The zero-order chi connectivity index (χ0) is 8.91. The Morgan fingerprint density at radius 1 is 1.27 bits per heavy atom. The molecule has 3 N–H and O–H groups in total. The zero-order valence-electron chi connectivity index (χ0n) is 7.25. The Balaban J connectivity index is 3.87. The van der Waals surface area contributed by atoms with Gasteiger partial charge in [0.15, 0.2) is 0 Å². The molecule has 0 aromatic rings. The molecule has 0 heterocycles. The van der Waals surface area contributed by atoms with E-state index in [0.717, 1.165) is 0 Å². The maximum Gasteiger partial charge on any atom is 0.0901 e. The fourth-order valence-corrected chi connectivity index (χ4v) is 1.21. The Morgan fingerprint density at radius 3 is 2.09 bits per heavy atom. The van der Waals surface area contributed by atoms with Crippen molar-refractivity contribution in [2.45, 2.75) is 32.3 Å². The molecule has 0 spiro atoms. The molecule has 68 valence electrons. The van der Waals surface area contributed by atoms with Gasteiger partial charge in [-0.3, -0.25) is 0 Å². The predicted octanol–water partition coefficient (Wildman–Crippen LogP) is 0.138. The number of hydrogen-bond donors (Lipinski definition) is 3. The van der Waals surface area contributed by atoms with Gasteiger partial charge in [-0.1, -0.05) is 13.8 Å². The van der Waals surface area contributed by atoms with E-state index in [1.807, 2.05) is 13.8 Å². The Kier molecular flexibility index (Phi) is 4.65. The van der Waals surface area contributed by atoms with Crippen LogP contribution in [-0.4, -0.2) is 34.1 Å². The molecule has 0 aliphatic carbocycles. The van der Waals surface area contributed by atoms with Crippen molar-refractivity contribution in [3.8, 4) is 0 Å². The van der Waals surface area contributed by atoms with Crippen molar-refractivity contribution in [3.05, 3.63) is 0 Å². The minimum absolute atomic E-state index is 0.0796. The summed E-state index contributed by atoms with van der Waals surface area (Å²) in [5, 5.41) is 27.0. The van der Waals surface area contributed by atoms with Crippen LogP contribution < -0.4 is 0 Å². The molecule has 0 amide bonds. The minimum atomic E-state index is -1.08. The second kappa shape index (κ2) is 4.70. The summed E-state index contributed by atoms with van der Waals surface area (Å²) in [5.74, 6) is 0.332. The average Bonchev–Trinajstić information content (AvgIpc) is 1.87. The molecule has 0 rings (SSSR count). The molecular formula is C8H18O3. The molecule has 0 saturated carbocycles. The van der Waals surface area contributed by atoms with Crippen LogP contribution in [0.3, 0.4) is 0 Å². The molecule has 0 aromatic heterocycles. The summed E-state index contributed by atoms with van der Waals surface area (Å²) >= 11 is 0. The average molecular weight is 162 g/mol. The van der Waals surface area contributed by atoms with E-state index in [-0.39, 0.29) is 19.6 Å². The molecule has 1 atom stereocenters. The van der Waals surface area contributed by atoms with Gasteiger partial charge in [0.25, 0.3) is 0 Å². The number of hydrogen-bond acceptors (Lipinski definition) is 3. The van der Waals surface area contributed by atoms with Gasteiger partial charge in [-0.15, -0.1) is 0 Å². The second-order valence-corrected chi connectivity index (χ2v) is 3.45. The maximum atomic E-state index is 9.58. The normalized spacial score (nSPS) is 16.9. The molecule has 3 heteroatoms. The van der Waals surface area contributed by atoms with Gasteiger partial charge in [0, 0.05) is 13.0 Å². The van der Waals surface area contributed by atoms with Gasteiger partial charge in [-0.2, -0.15) is 0 Å². The van der Waals surface area contributed by atoms with Crippen molar-refractivity contribution < 1.29 is 15.3 Å². The smallest absolute Gasteiger partial charge is 0.0901 e. The van der Waals surface area contributed by atoms with Gasteiger partial charge in [0.05, 0.1) is 12.2 Å². The van der Waals surface area contributed by atoms with E-state index in [9.17, 15) is 5.11 Å². The van der Waals surface area contributed by atoms with Gasteiger partial charge in [0.1, 0.15) is 0 Å². The maximum absolute atomic E-state index is 9.58. The minimum Gasteiger partial charge on any atom is -0.396 e. The summed E-state index contributed by atoms with van der Waals surface area (Å²) in [6, 6.07) is 0. The van der Waals surface area contributed by atoms with Crippen molar-refractivity contribution in [3.63, 3.8) is 0 Å². The molecule has 0 aromatic carbocycles. The molecule has 1 unspecified atom stereocenters. The van der Waals surface area contributed by atoms with Gasteiger partial charge < -0.3 is 15.3 Å². The van der Waals surface area contributed by atoms with Crippen LogP contribution in [-0.2, 0) is 0 Å². The first kappa shape index (κ1) is 10.9. The van der Waals surface area contributed by atoms with Crippen LogP contribution >= 0.6 is 0 Å². The summed E-state index contributed by atoms with van der Waals surface area (Å²) in [4.78, 5) is 0. The van der Waals surface area contributed by atoms with E-state index in [1.165, 1.54) is 0 Å². The first-order valence-electron chi connectivity index (χ1n) is 3.98. The highest BCUT2D eigenvalue weighted by molar-refractivity contribution is 4.78. The standard InChI is InChI=1S/C8H18O3/c1-7(2)5-8(11,6-10)3-4-9/h7,9-11H,3-6H2,1-2H3. The van der Waals surface area contributed by atoms with Crippen LogP contribution in [0.25, 0.3) is 0 Å². The van der Waals surface area contributed by atoms with E-state index >= 15 is 0 Å². The molecular weight excluding hydrogens is 144 g/mol. The molecule has 0 radical (unpaired) electrons. The van der Waals surface area contributed by atoms with Gasteiger partial charge in [-0.05, 0) is 12.3 Å². The zero-order valence-corrected chi connectivity index (χ0v) is 7.25. The first-order valence-corrected chi connectivity index (χ1v) is 3.98. The molecule has 11 heavy (non-hydrogen) atoms. The molecule has 0 saturated heterocycles. The fourth-order valence-electron chi connectivity index (χ4n) is 1.21. The molecule has 0 aliphatic rings. The van der Waals surface area contributed by atoms with E-state index in [4.69, 9.17) is 10.2 Å². The lowest BCUT2D eigenvalue weighted by Gasteiger charge is -2.26. The Bertz CT molecular complexity index is 104. The molecule has 0 fully saturated rings. The SMILES string of the molecule is CC(C)CC(O)(CO)CCO. The Labute approximate surface area is 67.7 Å². The summed E-state index contributed by atoms with van der Waals surface area (Å²) in [6.45, 7) is 3.59. The van der Waals surface area contributed by atoms with Crippen molar-refractivity contribution in [1.82, 2.24) is 0 Å². The second-order valence-electron chi connectivity index (χ2n) is 3.45. The summed E-state index contributed by atoms with van der Waals surface area (Å²) in [5.41, 5.74) is -1.08.